The average Bonchev–Trinajstić information content (AvgIpc) is 2.75. The highest BCUT2D eigenvalue weighted by Gasteiger charge is 2.45. The molecule has 3 atom stereocenters. The largest absolute Gasteiger partial charge is 0.460 e. The summed E-state index contributed by atoms with van der Waals surface area (Å²) in [5, 5.41) is 3.08. The summed E-state index contributed by atoms with van der Waals surface area (Å²) in [6.45, 7) is 9.99. The lowest BCUT2D eigenvalue weighted by molar-refractivity contribution is -0.178. The van der Waals surface area contributed by atoms with Crippen molar-refractivity contribution in [2.24, 2.45) is 11.3 Å². The van der Waals surface area contributed by atoms with Crippen LogP contribution in [0.2, 0.25) is 10.0 Å². The van der Waals surface area contributed by atoms with Crippen molar-refractivity contribution in [2.45, 2.75) is 72.1 Å². The van der Waals surface area contributed by atoms with Gasteiger partial charge in [-0.05, 0) is 75.9 Å². The van der Waals surface area contributed by atoms with Gasteiger partial charge >= 0.3 is 12.1 Å². The normalized spacial score (nSPS) is 15.5. The Morgan fingerprint density at radius 2 is 1.58 bits per heavy atom. The molecule has 0 spiro atoms. The van der Waals surface area contributed by atoms with Crippen molar-refractivity contribution in [1.82, 2.24) is 0 Å². The molecule has 0 aliphatic carbocycles. The van der Waals surface area contributed by atoms with Gasteiger partial charge < -0.3 is 10.1 Å². The van der Waals surface area contributed by atoms with Gasteiger partial charge in [-0.1, -0.05) is 55.2 Å². The molecular formula is C27H32Cl2F3NO3. The van der Waals surface area contributed by atoms with E-state index in [0.29, 0.717) is 17.0 Å². The first kappa shape index (κ1) is 30.0. The summed E-state index contributed by atoms with van der Waals surface area (Å²) in [5.74, 6) is -4.70. The molecule has 0 saturated heterocycles. The lowest BCUT2D eigenvalue weighted by Gasteiger charge is -2.31. The number of alkyl halides is 3. The first-order chi connectivity index (χ1) is 16.5. The minimum atomic E-state index is -4.61. The lowest BCUT2D eigenvalue weighted by Crippen LogP contribution is -2.37. The molecule has 0 aromatic heterocycles. The Labute approximate surface area is 220 Å². The van der Waals surface area contributed by atoms with Gasteiger partial charge in [-0.3, -0.25) is 9.59 Å². The van der Waals surface area contributed by atoms with E-state index < -0.39 is 34.9 Å². The molecular weight excluding hydrogens is 514 g/mol. The van der Waals surface area contributed by atoms with Crippen LogP contribution in [0.4, 0.5) is 18.9 Å². The van der Waals surface area contributed by atoms with Crippen LogP contribution in [-0.4, -0.2) is 23.7 Å². The highest BCUT2D eigenvalue weighted by Crippen LogP contribution is 2.39. The number of carbonyl (C=O) groups is 2. The molecule has 4 nitrogen and oxygen atoms in total. The third kappa shape index (κ3) is 7.87. The standard InChI is InChI=1S/C27H32Cl2F3NO3/c1-7-26(6,24(35)36-25(3,4)5)15-17-8-13-20(29)21(14-17)33-23(34)22(16(2)27(30,31)32)18-9-11-19(28)12-10-18/h8-14,16,22H,7,15H2,1-6H3,(H,33,34). The zero-order valence-electron chi connectivity index (χ0n) is 21.2. The molecule has 0 heterocycles. The third-order valence-electron chi connectivity index (χ3n) is 6.08. The van der Waals surface area contributed by atoms with Gasteiger partial charge in [0.05, 0.1) is 28.0 Å². The minimum Gasteiger partial charge on any atom is -0.460 e. The van der Waals surface area contributed by atoms with Crippen LogP contribution >= 0.6 is 23.2 Å². The van der Waals surface area contributed by atoms with Gasteiger partial charge in [-0.25, -0.2) is 0 Å². The zero-order valence-corrected chi connectivity index (χ0v) is 22.7. The Hall–Kier alpha value is -2.25. The summed E-state index contributed by atoms with van der Waals surface area (Å²) in [6.07, 6.45) is -3.82. The van der Waals surface area contributed by atoms with Crippen LogP contribution < -0.4 is 5.32 Å². The predicted molar refractivity (Wildman–Crippen MR) is 137 cm³/mol. The predicted octanol–water partition coefficient (Wildman–Crippen LogP) is 8.21. The van der Waals surface area contributed by atoms with E-state index in [1.54, 1.807) is 45.9 Å². The number of hydrogen-bond acceptors (Lipinski definition) is 3. The summed E-state index contributed by atoms with van der Waals surface area (Å²) in [4.78, 5) is 26.0. The minimum absolute atomic E-state index is 0.162. The molecule has 0 aliphatic rings. The number of halogens is 5. The lowest BCUT2D eigenvalue weighted by atomic mass is 9.81. The van der Waals surface area contributed by atoms with Crippen molar-refractivity contribution >= 4 is 40.8 Å². The topological polar surface area (TPSA) is 55.4 Å². The SMILES string of the molecule is CCC(C)(Cc1ccc(Cl)c(NC(=O)C(c2ccc(Cl)cc2)C(C)C(F)(F)F)c1)C(=O)OC(C)(C)C. The van der Waals surface area contributed by atoms with Crippen molar-refractivity contribution in [2.75, 3.05) is 5.32 Å². The third-order valence-corrected chi connectivity index (χ3v) is 6.66. The second-order valence-corrected chi connectivity index (χ2v) is 11.1. The van der Waals surface area contributed by atoms with Gasteiger partial charge in [0.25, 0.3) is 0 Å². The number of hydrogen-bond donors (Lipinski definition) is 1. The van der Waals surface area contributed by atoms with Crippen LogP contribution in [0, 0.1) is 11.3 Å². The van der Waals surface area contributed by atoms with Gasteiger partial charge in [-0.2, -0.15) is 13.2 Å². The van der Waals surface area contributed by atoms with E-state index in [-0.39, 0.29) is 28.7 Å². The second-order valence-electron chi connectivity index (χ2n) is 10.3. The summed E-state index contributed by atoms with van der Waals surface area (Å²) < 4.78 is 46.5. The molecule has 0 saturated carbocycles. The Kier molecular flexibility index (Phi) is 9.52. The number of nitrogens with one attached hydrogen (secondary N) is 1. The first-order valence-electron chi connectivity index (χ1n) is 11.6. The van der Waals surface area contributed by atoms with E-state index in [9.17, 15) is 22.8 Å². The van der Waals surface area contributed by atoms with Crippen LogP contribution in [0.25, 0.3) is 0 Å². The van der Waals surface area contributed by atoms with E-state index in [0.717, 1.165) is 6.92 Å². The molecule has 9 heteroatoms. The molecule has 36 heavy (non-hydrogen) atoms. The molecule has 0 radical (unpaired) electrons. The van der Waals surface area contributed by atoms with Gasteiger partial charge in [-0.15, -0.1) is 0 Å². The number of rotatable bonds is 8. The van der Waals surface area contributed by atoms with E-state index in [4.69, 9.17) is 27.9 Å². The van der Waals surface area contributed by atoms with Crippen molar-refractivity contribution in [3.8, 4) is 0 Å². The van der Waals surface area contributed by atoms with E-state index >= 15 is 0 Å². The summed E-state index contributed by atoms with van der Waals surface area (Å²) in [5.41, 5.74) is -0.484. The van der Waals surface area contributed by atoms with Crippen molar-refractivity contribution in [1.29, 1.82) is 0 Å². The zero-order chi connectivity index (χ0) is 27.5. The number of anilines is 1. The fraction of sp³-hybridized carbons (Fsp3) is 0.481. The van der Waals surface area contributed by atoms with Crippen LogP contribution in [-0.2, 0) is 20.7 Å². The van der Waals surface area contributed by atoms with Gasteiger partial charge in [0.2, 0.25) is 5.91 Å². The molecule has 0 bridgehead atoms. The Balaban J connectivity index is 2.36. The maximum absolute atomic E-state index is 13.6. The molecule has 2 aromatic rings. The van der Waals surface area contributed by atoms with Crippen molar-refractivity contribution < 1.29 is 27.5 Å². The van der Waals surface area contributed by atoms with Gasteiger partial charge in [0, 0.05) is 5.02 Å². The van der Waals surface area contributed by atoms with E-state index in [1.165, 1.54) is 24.3 Å². The fourth-order valence-electron chi connectivity index (χ4n) is 3.71. The van der Waals surface area contributed by atoms with E-state index in [2.05, 4.69) is 5.32 Å². The van der Waals surface area contributed by atoms with Crippen LogP contribution in [0.15, 0.2) is 42.5 Å². The highest BCUT2D eigenvalue weighted by atomic mass is 35.5. The number of amides is 1. The molecule has 198 valence electrons. The maximum atomic E-state index is 13.6. The maximum Gasteiger partial charge on any atom is 0.392 e. The first-order valence-corrected chi connectivity index (χ1v) is 12.4. The number of esters is 1. The van der Waals surface area contributed by atoms with Crippen molar-refractivity contribution in [3.63, 3.8) is 0 Å². The van der Waals surface area contributed by atoms with Crippen LogP contribution in [0.1, 0.15) is 65.0 Å². The molecule has 3 unspecified atom stereocenters. The van der Waals surface area contributed by atoms with Gasteiger partial charge in [0.15, 0.2) is 0 Å². The molecule has 1 N–H and O–H groups in total. The summed E-state index contributed by atoms with van der Waals surface area (Å²) in [7, 11) is 0. The molecule has 0 fully saturated rings. The Bertz CT molecular complexity index is 1080. The summed E-state index contributed by atoms with van der Waals surface area (Å²) in [6, 6.07) is 10.5. The average molecular weight is 546 g/mol. The van der Waals surface area contributed by atoms with Crippen LogP contribution in [0.3, 0.4) is 0 Å². The molecule has 2 rings (SSSR count). The Morgan fingerprint density at radius 1 is 1.00 bits per heavy atom. The number of benzene rings is 2. The number of carbonyl (C=O) groups excluding carboxylic acids is 2. The fourth-order valence-corrected chi connectivity index (χ4v) is 4.00. The molecule has 2 aromatic carbocycles. The second kappa shape index (κ2) is 11.4. The quantitative estimate of drug-likeness (QED) is 0.340. The van der Waals surface area contributed by atoms with Crippen LogP contribution in [0.5, 0.6) is 0 Å². The van der Waals surface area contributed by atoms with Gasteiger partial charge in [0.1, 0.15) is 5.60 Å². The van der Waals surface area contributed by atoms with Crippen molar-refractivity contribution in [3.05, 3.63) is 63.6 Å². The molecule has 1 amide bonds. The smallest absolute Gasteiger partial charge is 0.392 e. The summed E-state index contributed by atoms with van der Waals surface area (Å²) >= 11 is 12.2. The highest BCUT2D eigenvalue weighted by molar-refractivity contribution is 6.33. The Morgan fingerprint density at radius 3 is 2.08 bits per heavy atom. The molecule has 0 aliphatic heterocycles. The van der Waals surface area contributed by atoms with E-state index in [1.807, 2.05) is 6.92 Å². The monoisotopic (exact) mass is 545 g/mol. The number of ether oxygens (including phenoxy) is 1.